The fraction of sp³-hybridized carbons (Fsp3) is 0.391. The van der Waals surface area contributed by atoms with Crippen LogP contribution in [0.3, 0.4) is 0 Å². The third kappa shape index (κ3) is 4.69. The van der Waals surface area contributed by atoms with Gasteiger partial charge in [-0.1, -0.05) is 30.3 Å². The molecule has 9 heteroatoms. The van der Waals surface area contributed by atoms with Crippen molar-refractivity contribution in [3.8, 4) is 0 Å². The van der Waals surface area contributed by atoms with Crippen LogP contribution in [0, 0.1) is 0 Å². The molecule has 4 rings (SSSR count). The topological polar surface area (TPSA) is 84.3 Å². The highest BCUT2D eigenvalue weighted by Gasteiger charge is 2.26. The van der Waals surface area contributed by atoms with Gasteiger partial charge in [0.15, 0.2) is 5.16 Å². The molecule has 1 saturated heterocycles. The van der Waals surface area contributed by atoms with Crippen molar-refractivity contribution in [2.75, 3.05) is 18.4 Å². The van der Waals surface area contributed by atoms with E-state index < -0.39 is 10.0 Å². The lowest BCUT2D eigenvalue weighted by atomic mass is 10.2. The van der Waals surface area contributed by atoms with Crippen molar-refractivity contribution >= 4 is 44.4 Å². The van der Waals surface area contributed by atoms with Crippen LogP contribution in [0.1, 0.15) is 33.1 Å². The Hall–Kier alpha value is -2.36. The average molecular weight is 473 g/mol. The molecule has 1 amide bonds. The molecular weight excluding hydrogens is 444 g/mol. The van der Waals surface area contributed by atoms with Gasteiger partial charge in [-0.2, -0.15) is 4.31 Å². The highest BCUT2D eigenvalue weighted by atomic mass is 32.2. The summed E-state index contributed by atoms with van der Waals surface area (Å²) < 4.78 is 29.2. The lowest BCUT2D eigenvalue weighted by Gasteiger charge is -2.25. The number of sulfonamides is 1. The van der Waals surface area contributed by atoms with Crippen LogP contribution >= 0.6 is 11.8 Å². The number of imidazole rings is 1. The van der Waals surface area contributed by atoms with Crippen molar-refractivity contribution in [2.45, 2.75) is 55.0 Å². The Morgan fingerprint density at radius 2 is 1.78 bits per heavy atom. The van der Waals surface area contributed by atoms with E-state index in [1.165, 1.54) is 11.8 Å². The Labute approximate surface area is 193 Å². The first-order chi connectivity index (χ1) is 15.4. The molecule has 0 bridgehead atoms. The second-order valence-electron chi connectivity index (χ2n) is 7.87. The van der Waals surface area contributed by atoms with Crippen molar-refractivity contribution in [1.29, 1.82) is 0 Å². The van der Waals surface area contributed by atoms with Gasteiger partial charge in [0.2, 0.25) is 15.9 Å². The van der Waals surface area contributed by atoms with Gasteiger partial charge >= 0.3 is 0 Å². The van der Waals surface area contributed by atoms with Gasteiger partial charge in [0.05, 0.1) is 21.2 Å². The lowest BCUT2D eigenvalue weighted by Crippen LogP contribution is -2.35. The number of anilines is 1. The number of hydrogen-bond donors (Lipinski definition) is 1. The normalized spacial score (nSPS) is 16.2. The third-order valence-corrected chi connectivity index (χ3v) is 8.66. The summed E-state index contributed by atoms with van der Waals surface area (Å²) in [7, 11) is -3.48. The molecule has 32 heavy (non-hydrogen) atoms. The quantitative estimate of drug-likeness (QED) is 0.517. The number of amides is 1. The molecule has 2 heterocycles. The molecule has 1 fully saturated rings. The van der Waals surface area contributed by atoms with E-state index in [1.807, 2.05) is 31.2 Å². The maximum Gasteiger partial charge on any atom is 0.243 e. The summed E-state index contributed by atoms with van der Waals surface area (Å²) in [5.41, 5.74) is 2.54. The molecule has 0 saturated carbocycles. The van der Waals surface area contributed by atoms with E-state index >= 15 is 0 Å². The first kappa shape index (κ1) is 22.8. The van der Waals surface area contributed by atoms with Crippen LogP contribution in [0.2, 0.25) is 0 Å². The number of benzene rings is 2. The monoisotopic (exact) mass is 472 g/mol. The van der Waals surface area contributed by atoms with Gasteiger partial charge in [0, 0.05) is 25.3 Å². The van der Waals surface area contributed by atoms with Gasteiger partial charge in [-0.3, -0.25) is 4.79 Å². The van der Waals surface area contributed by atoms with Gasteiger partial charge in [-0.25, -0.2) is 13.4 Å². The summed E-state index contributed by atoms with van der Waals surface area (Å²) in [6.07, 6.45) is 2.87. The van der Waals surface area contributed by atoms with Crippen molar-refractivity contribution in [1.82, 2.24) is 13.9 Å². The number of hydrogen-bond acceptors (Lipinski definition) is 5. The number of aromatic nitrogens is 2. The summed E-state index contributed by atoms with van der Waals surface area (Å²) in [6.45, 7) is 5.80. The number of carbonyl (C=O) groups is 1. The largest absolute Gasteiger partial charge is 0.325 e. The van der Waals surface area contributed by atoms with E-state index in [0.717, 1.165) is 42.0 Å². The van der Waals surface area contributed by atoms with E-state index in [-0.39, 0.29) is 16.1 Å². The fourth-order valence-electron chi connectivity index (χ4n) is 3.87. The minimum Gasteiger partial charge on any atom is -0.325 e. The van der Waals surface area contributed by atoms with E-state index in [2.05, 4.69) is 21.8 Å². The minimum absolute atomic E-state index is 0.156. The fourth-order valence-corrected chi connectivity index (χ4v) is 6.37. The summed E-state index contributed by atoms with van der Waals surface area (Å²) in [5, 5.41) is 3.32. The van der Waals surface area contributed by atoms with Gasteiger partial charge in [0.25, 0.3) is 0 Å². The zero-order valence-corrected chi connectivity index (χ0v) is 20.0. The maximum absolute atomic E-state index is 12.8. The molecule has 0 spiro atoms. The molecule has 1 aliphatic heterocycles. The Balaban J connectivity index is 1.43. The van der Waals surface area contributed by atoms with Crippen LogP contribution in [0.5, 0.6) is 0 Å². The zero-order chi connectivity index (χ0) is 22.7. The van der Waals surface area contributed by atoms with Gasteiger partial charge in [-0.15, -0.1) is 0 Å². The highest BCUT2D eigenvalue weighted by Crippen LogP contribution is 2.28. The Bertz CT molecular complexity index is 1200. The molecular formula is C23H28N4O3S2. The van der Waals surface area contributed by atoms with E-state index in [9.17, 15) is 13.2 Å². The summed E-state index contributed by atoms with van der Waals surface area (Å²) in [4.78, 5) is 17.7. The standard InChI is InChI=1S/C23H28N4O3S2/c1-3-27-21-10-6-5-9-20(21)25-23(27)31-17(2)22(28)24-18-11-13-19(14-12-18)32(29,30)26-15-7-4-8-16-26/h5-6,9-14,17H,3-4,7-8,15-16H2,1-2H3,(H,24,28). The van der Waals surface area contributed by atoms with Crippen LogP contribution in [0.4, 0.5) is 5.69 Å². The number of rotatable bonds is 7. The van der Waals surface area contributed by atoms with Gasteiger partial charge in [-0.05, 0) is 63.1 Å². The van der Waals surface area contributed by atoms with E-state index in [1.54, 1.807) is 28.6 Å². The molecule has 1 unspecified atom stereocenters. The summed E-state index contributed by atoms with van der Waals surface area (Å²) >= 11 is 1.41. The molecule has 0 radical (unpaired) electrons. The zero-order valence-electron chi connectivity index (χ0n) is 18.3. The van der Waals surface area contributed by atoms with Crippen molar-refractivity contribution in [3.05, 3.63) is 48.5 Å². The second-order valence-corrected chi connectivity index (χ2v) is 11.1. The molecule has 170 valence electrons. The van der Waals surface area contributed by atoms with E-state index in [4.69, 9.17) is 0 Å². The Morgan fingerprint density at radius 3 is 2.47 bits per heavy atom. The number of aryl methyl sites for hydroxylation is 1. The molecule has 1 atom stereocenters. The van der Waals surface area contributed by atoms with Crippen LogP contribution < -0.4 is 5.32 Å². The molecule has 1 aliphatic rings. The third-order valence-electron chi connectivity index (χ3n) is 5.66. The number of fused-ring (bicyclic) bond motifs is 1. The predicted octanol–water partition coefficient (Wildman–Crippen LogP) is 4.35. The first-order valence-corrected chi connectivity index (χ1v) is 13.2. The molecule has 0 aliphatic carbocycles. The van der Waals surface area contributed by atoms with Crippen LogP contribution in [-0.2, 0) is 21.4 Å². The number of thioether (sulfide) groups is 1. The molecule has 1 N–H and O–H groups in total. The Kier molecular flexibility index (Phi) is 6.88. The van der Waals surface area contributed by atoms with Crippen LogP contribution in [0.15, 0.2) is 58.6 Å². The van der Waals surface area contributed by atoms with Gasteiger partial charge < -0.3 is 9.88 Å². The minimum atomic E-state index is -3.48. The van der Waals surface area contributed by atoms with Crippen molar-refractivity contribution < 1.29 is 13.2 Å². The highest BCUT2D eigenvalue weighted by molar-refractivity contribution is 8.00. The van der Waals surface area contributed by atoms with Crippen LogP contribution in [0.25, 0.3) is 11.0 Å². The Morgan fingerprint density at radius 1 is 1.09 bits per heavy atom. The number of piperidine rings is 1. The molecule has 2 aromatic carbocycles. The van der Waals surface area contributed by atoms with E-state index in [0.29, 0.717) is 18.8 Å². The number of nitrogens with zero attached hydrogens (tertiary/aromatic N) is 3. The first-order valence-electron chi connectivity index (χ1n) is 10.9. The average Bonchev–Trinajstić information content (AvgIpc) is 3.16. The van der Waals surface area contributed by atoms with Crippen molar-refractivity contribution in [3.63, 3.8) is 0 Å². The van der Waals surface area contributed by atoms with Gasteiger partial charge in [0.1, 0.15) is 0 Å². The summed E-state index contributed by atoms with van der Waals surface area (Å²) in [5.74, 6) is -0.156. The number of nitrogens with one attached hydrogen (secondary N) is 1. The maximum atomic E-state index is 12.8. The summed E-state index contributed by atoms with van der Waals surface area (Å²) in [6, 6.07) is 14.4. The van der Waals surface area contributed by atoms with Crippen LogP contribution in [-0.4, -0.2) is 46.5 Å². The second kappa shape index (κ2) is 9.64. The number of para-hydroxylation sites is 2. The number of carbonyl (C=O) groups excluding carboxylic acids is 1. The molecule has 3 aromatic rings. The molecule has 1 aromatic heterocycles. The van der Waals surface area contributed by atoms with Crippen molar-refractivity contribution in [2.24, 2.45) is 0 Å². The smallest absolute Gasteiger partial charge is 0.243 e. The lowest BCUT2D eigenvalue weighted by molar-refractivity contribution is -0.115. The molecule has 7 nitrogen and oxygen atoms in total. The SMILES string of the molecule is CCn1c(SC(C)C(=O)Nc2ccc(S(=O)(=O)N3CCCCC3)cc2)nc2ccccc21. The predicted molar refractivity (Wildman–Crippen MR) is 128 cm³/mol.